The van der Waals surface area contributed by atoms with Crippen LogP contribution < -0.4 is 4.74 Å². The van der Waals surface area contributed by atoms with Gasteiger partial charge in [-0.2, -0.15) is 0 Å². The summed E-state index contributed by atoms with van der Waals surface area (Å²) < 4.78 is 18.8. The van der Waals surface area contributed by atoms with Crippen molar-refractivity contribution >= 4 is 22.4 Å². The van der Waals surface area contributed by atoms with Gasteiger partial charge >= 0.3 is 0 Å². The summed E-state index contributed by atoms with van der Waals surface area (Å²) in [6.07, 6.45) is 3.42. The summed E-state index contributed by atoms with van der Waals surface area (Å²) in [5, 5.41) is 2.42. The molecule has 0 aliphatic rings. The Morgan fingerprint density at radius 1 is 1.10 bits per heavy atom. The van der Waals surface area contributed by atoms with Gasteiger partial charge in [0.1, 0.15) is 0 Å². The fourth-order valence-electron chi connectivity index (χ4n) is 2.22. The van der Waals surface area contributed by atoms with Gasteiger partial charge < -0.3 is 4.74 Å². The Morgan fingerprint density at radius 2 is 1.95 bits per heavy atom. The van der Waals surface area contributed by atoms with Crippen LogP contribution >= 0.6 is 11.6 Å². The number of nitrogens with zero attached hydrogens (tertiary/aromatic N) is 1. The molecule has 0 N–H and O–H groups in total. The van der Waals surface area contributed by atoms with Crippen LogP contribution in [0.2, 0.25) is 5.02 Å². The molecule has 3 aromatic rings. The van der Waals surface area contributed by atoms with Crippen LogP contribution in [0.15, 0.2) is 48.8 Å². The molecule has 4 heteroatoms. The third kappa shape index (κ3) is 2.10. The van der Waals surface area contributed by atoms with Crippen molar-refractivity contribution in [2.45, 2.75) is 0 Å². The Kier molecular flexibility index (Phi) is 3.28. The first-order valence-electron chi connectivity index (χ1n) is 6.07. The maximum Gasteiger partial charge on any atom is 0.165 e. The summed E-state index contributed by atoms with van der Waals surface area (Å²) in [6, 6.07) is 10.5. The van der Waals surface area contributed by atoms with Gasteiger partial charge in [-0.15, -0.1) is 0 Å². The van der Waals surface area contributed by atoms with Crippen molar-refractivity contribution in [2.75, 3.05) is 7.11 Å². The monoisotopic (exact) mass is 287 g/mol. The molecule has 2 nitrogen and oxygen atoms in total. The van der Waals surface area contributed by atoms with E-state index in [-0.39, 0.29) is 5.75 Å². The van der Waals surface area contributed by atoms with Crippen molar-refractivity contribution in [3.8, 4) is 16.9 Å². The quantitative estimate of drug-likeness (QED) is 0.681. The first kappa shape index (κ1) is 12.9. The zero-order valence-electron chi connectivity index (χ0n) is 10.7. The highest BCUT2D eigenvalue weighted by atomic mass is 35.5. The molecule has 0 saturated carbocycles. The molecule has 0 bridgehead atoms. The summed E-state index contributed by atoms with van der Waals surface area (Å²) in [6.45, 7) is 0. The van der Waals surface area contributed by atoms with Crippen LogP contribution in [0.4, 0.5) is 4.39 Å². The molecule has 0 spiro atoms. The number of methoxy groups -OCH3 is 1. The number of fused-ring (bicyclic) bond motifs is 1. The molecule has 0 unspecified atom stereocenters. The molecule has 1 aromatic heterocycles. The zero-order chi connectivity index (χ0) is 14.1. The van der Waals surface area contributed by atoms with Crippen LogP contribution in [0, 0.1) is 5.82 Å². The lowest BCUT2D eigenvalue weighted by Gasteiger charge is -2.09. The highest BCUT2D eigenvalue weighted by Gasteiger charge is 2.09. The maximum absolute atomic E-state index is 13.8. The second kappa shape index (κ2) is 5.10. The predicted molar refractivity (Wildman–Crippen MR) is 78.7 cm³/mol. The molecule has 100 valence electrons. The first-order chi connectivity index (χ1) is 9.70. The summed E-state index contributed by atoms with van der Waals surface area (Å²) in [5.74, 6) is -0.177. The van der Waals surface area contributed by atoms with Crippen molar-refractivity contribution in [1.29, 1.82) is 0 Å². The van der Waals surface area contributed by atoms with Crippen LogP contribution in [0.25, 0.3) is 21.9 Å². The lowest BCUT2D eigenvalue weighted by molar-refractivity contribution is 0.386. The van der Waals surface area contributed by atoms with E-state index < -0.39 is 5.82 Å². The van der Waals surface area contributed by atoms with E-state index in [1.165, 1.54) is 13.2 Å². The fraction of sp³-hybridized carbons (Fsp3) is 0.0625. The number of aromatic nitrogens is 1. The Bertz CT molecular complexity index is 789. The van der Waals surface area contributed by atoms with Crippen molar-refractivity contribution in [3.05, 3.63) is 59.6 Å². The van der Waals surface area contributed by atoms with Gasteiger partial charge in [-0.25, -0.2) is 4.39 Å². The SMILES string of the molecule is COc1ccc(-c2cncc3c(Cl)cccc23)cc1F. The van der Waals surface area contributed by atoms with Gasteiger partial charge in [0.05, 0.1) is 7.11 Å². The largest absolute Gasteiger partial charge is 0.494 e. The molecule has 3 rings (SSSR count). The number of halogens is 2. The molecule has 20 heavy (non-hydrogen) atoms. The summed E-state index contributed by atoms with van der Waals surface area (Å²) in [5.41, 5.74) is 1.58. The van der Waals surface area contributed by atoms with E-state index in [2.05, 4.69) is 4.98 Å². The molecular weight excluding hydrogens is 277 g/mol. The maximum atomic E-state index is 13.8. The molecule has 0 aliphatic heterocycles. The number of pyridine rings is 1. The Labute approximate surface area is 120 Å². The molecule has 0 saturated heterocycles. The molecular formula is C16H11ClFNO. The van der Waals surface area contributed by atoms with Crippen molar-refractivity contribution in [3.63, 3.8) is 0 Å². The molecule has 0 amide bonds. The average Bonchev–Trinajstić information content (AvgIpc) is 2.47. The standard InChI is InChI=1S/C16H11ClFNO/c1-20-16-6-5-10(7-15(16)18)12-8-19-9-13-11(12)3-2-4-14(13)17/h2-9H,1H3. The van der Waals surface area contributed by atoms with Crippen LogP contribution in [0.5, 0.6) is 5.75 Å². The van der Waals surface area contributed by atoms with Gasteiger partial charge in [0.2, 0.25) is 0 Å². The smallest absolute Gasteiger partial charge is 0.165 e. The van der Waals surface area contributed by atoms with E-state index in [9.17, 15) is 4.39 Å². The van der Waals surface area contributed by atoms with Gasteiger partial charge in [0.15, 0.2) is 11.6 Å². The van der Waals surface area contributed by atoms with Crippen LogP contribution in [0.3, 0.4) is 0 Å². The van der Waals surface area contributed by atoms with E-state index in [4.69, 9.17) is 16.3 Å². The number of hydrogen-bond acceptors (Lipinski definition) is 2. The van der Waals surface area contributed by atoms with Gasteiger partial charge in [-0.3, -0.25) is 4.98 Å². The van der Waals surface area contributed by atoms with Crippen LogP contribution in [-0.2, 0) is 0 Å². The van der Waals surface area contributed by atoms with E-state index in [0.717, 1.165) is 21.9 Å². The summed E-state index contributed by atoms with van der Waals surface area (Å²) >= 11 is 6.16. The van der Waals surface area contributed by atoms with E-state index in [1.807, 2.05) is 18.2 Å². The molecule has 2 aromatic carbocycles. The second-order valence-corrected chi connectivity index (χ2v) is 4.78. The molecule has 1 heterocycles. The molecule has 0 aliphatic carbocycles. The topological polar surface area (TPSA) is 22.1 Å². The van der Waals surface area contributed by atoms with Gasteiger partial charge in [-0.1, -0.05) is 29.8 Å². The Hall–Kier alpha value is -2.13. The zero-order valence-corrected chi connectivity index (χ0v) is 11.5. The van der Waals surface area contributed by atoms with Gasteiger partial charge in [0.25, 0.3) is 0 Å². The summed E-state index contributed by atoms with van der Waals surface area (Å²) in [7, 11) is 1.44. The summed E-state index contributed by atoms with van der Waals surface area (Å²) in [4.78, 5) is 4.18. The van der Waals surface area contributed by atoms with E-state index in [1.54, 1.807) is 24.5 Å². The Morgan fingerprint density at radius 3 is 2.70 bits per heavy atom. The minimum atomic E-state index is -0.399. The lowest BCUT2D eigenvalue weighted by atomic mass is 10.0. The van der Waals surface area contributed by atoms with Crippen molar-refractivity contribution < 1.29 is 9.13 Å². The fourth-order valence-corrected chi connectivity index (χ4v) is 2.45. The predicted octanol–water partition coefficient (Wildman–Crippen LogP) is 4.70. The third-order valence-corrected chi connectivity index (χ3v) is 3.54. The normalized spacial score (nSPS) is 10.8. The van der Waals surface area contributed by atoms with Crippen molar-refractivity contribution in [1.82, 2.24) is 4.98 Å². The molecule has 0 atom stereocenters. The van der Waals surface area contributed by atoms with Crippen molar-refractivity contribution in [2.24, 2.45) is 0 Å². The number of hydrogen-bond donors (Lipinski definition) is 0. The minimum Gasteiger partial charge on any atom is -0.494 e. The molecule has 0 fully saturated rings. The Balaban J connectivity index is 2.24. The van der Waals surface area contributed by atoms with E-state index >= 15 is 0 Å². The van der Waals surface area contributed by atoms with Gasteiger partial charge in [-0.05, 0) is 29.1 Å². The molecule has 0 radical (unpaired) electrons. The van der Waals surface area contributed by atoms with E-state index in [0.29, 0.717) is 5.02 Å². The lowest BCUT2D eigenvalue weighted by Crippen LogP contribution is -1.90. The highest BCUT2D eigenvalue weighted by molar-refractivity contribution is 6.35. The average molecular weight is 288 g/mol. The van der Waals surface area contributed by atoms with Crippen LogP contribution in [0.1, 0.15) is 0 Å². The number of rotatable bonds is 2. The second-order valence-electron chi connectivity index (χ2n) is 4.37. The minimum absolute atomic E-state index is 0.222. The first-order valence-corrected chi connectivity index (χ1v) is 6.44. The number of ether oxygens (including phenoxy) is 1. The number of benzene rings is 2. The third-order valence-electron chi connectivity index (χ3n) is 3.21. The highest BCUT2D eigenvalue weighted by Crippen LogP contribution is 2.33. The van der Waals surface area contributed by atoms with Crippen LogP contribution in [-0.4, -0.2) is 12.1 Å². The van der Waals surface area contributed by atoms with Gasteiger partial charge in [0, 0.05) is 28.4 Å².